The smallest absolute Gasteiger partial charge is 0.238 e. The number of rotatable bonds is 4. The molecule has 0 saturated carbocycles. The van der Waals surface area contributed by atoms with Gasteiger partial charge in [-0.3, -0.25) is 9.69 Å². The number of benzene rings is 1. The highest BCUT2D eigenvalue weighted by Crippen LogP contribution is 2.16. The fourth-order valence-electron chi connectivity index (χ4n) is 2.57. The molecule has 4 nitrogen and oxygen atoms in total. The summed E-state index contributed by atoms with van der Waals surface area (Å²) in [5, 5.41) is 11.5. The lowest BCUT2D eigenvalue weighted by Crippen LogP contribution is -2.42. The molecule has 1 saturated heterocycles. The van der Waals surface area contributed by atoms with Gasteiger partial charge in [0, 0.05) is 11.7 Å². The van der Waals surface area contributed by atoms with Crippen LogP contribution in [-0.4, -0.2) is 29.9 Å². The molecule has 1 heterocycles. The van der Waals surface area contributed by atoms with Gasteiger partial charge in [0.1, 0.15) is 0 Å². The molecule has 1 atom stereocenters. The molecule has 0 spiro atoms. The van der Waals surface area contributed by atoms with E-state index in [9.17, 15) is 4.79 Å². The van der Waals surface area contributed by atoms with Crippen molar-refractivity contribution in [1.29, 1.82) is 5.26 Å². The minimum Gasteiger partial charge on any atom is -0.325 e. The number of hydrogen-bond acceptors (Lipinski definition) is 3. The van der Waals surface area contributed by atoms with Crippen LogP contribution in [0.3, 0.4) is 0 Å². The third-order valence-corrected chi connectivity index (χ3v) is 3.81. The van der Waals surface area contributed by atoms with Gasteiger partial charge in [-0.05, 0) is 44.0 Å². The van der Waals surface area contributed by atoms with Crippen LogP contribution in [0.25, 0.3) is 0 Å². The number of nitrogens with one attached hydrogen (secondary N) is 1. The van der Waals surface area contributed by atoms with Crippen LogP contribution in [0.4, 0.5) is 5.69 Å². The van der Waals surface area contributed by atoms with E-state index in [0.29, 0.717) is 19.0 Å². The van der Waals surface area contributed by atoms with E-state index in [2.05, 4.69) is 23.2 Å². The van der Waals surface area contributed by atoms with E-state index in [0.717, 1.165) is 17.8 Å². The lowest BCUT2D eigenvalue weighted by Gasteiger charge is -2.32. The summed E-state index contributed by atoms with van der Waals surface area (Å²) in [5.74, 6) is 0.0341. The van der Waals surface area contributed by atoms with Crippen LogP contribution >= 0.6 is 0 Å². The molecule has 1 aromatic rings. The molecule has 20 heavy (non-hydrogen) atoms. The topological polar surface area (TPSA) is 56.1 Å². The zero-order valence-electron chi connectivity index (χ0n) is 11.9. The third kappa shape index (κ3) is 4.07. The van der Waals surface area contributed by atoms with Crippen molar-refractivity contribution in [2.75, 3.05) is 18.4 Å². The highest BCUT2D eigenvalue weighted by Gasteiger charge is 2.20. The Bertz CT molecular complexity index is 489. The number of amides is 1. The Hall–Kier alpha value is -1.86. The number of likely N-dealkylation sites (tertiary alicyclic amines) is 1. The van der Waals surface area contributed by atoms with E-state index in [1.165, 1.54) is 19.3 Å². The van der Waals surface area contributed by atoms with Gasteiger partial charge in [0.15, 0.2) is 0 Å². The van der Waals surface area contributed by atoms with Crippen LogP contribution in [-0.2, 0) is 11.2 Å². The number of hydrogen-bond donors (Lipinski definition) is 1. The van der Waals surface area contributed by atoms with Gasteiger partial charge in [0.25, 0.3) is 0 Å². The quantitative estimate of drug-likeness (QED) is 0.915. The van der Waals surface area contributed by atoms with Crippen molar-refractivity contribution in [3.8, 4) is 6.07 Å². The second kappa shape index (κ2) is 7.06. The standard InChI is InChI=1S/C16H21N3O/c1-13-4-2-3-11-19(13)12-16(20)18-15-7-5-14(6-8-15)9-10-17/h5-8,13H,2-4,9,11-12H2,1H3,(H,18,20)/t13-/m0/s1. The summed E-state index contributed by atoms with van der Waals surface area (Å²) in [5.41, 5.74) is 1.76. The predicted molar refractivity (Wildman–Crippen MR) is 79.3 cm³/mol. The number of anilines is 1. The number of carbonyl (C=O) groups excluding carboxylic acids is 1. The van der Waals surface area contributed by atoms with Crippen molar-refractivity contribution >= 4 is 11.6 Å². The van der Waals surface area contributed by atoms with Gasteiger partial charge in [-0.15, -0.1) is 0 Å². The fourth-order valence-corrected chi connectivity index (χ4v) is 2.57. The molecule has 1 aliphatic heterocycles. The predicted octanol–water partition coefficient (Wildman–Crippen LogP) is 2.57. The van der Waals surface area contributed by atoms with Gasteiger partial charge >= 0.3 is 0 Å². The van der Waals surface area contributed by atoms with Crippen LogP contribution < -0.4 is 5.32 Å². The van der Waals surface area contributed by atoms with Gasteiger partial charge < -0.3 is 5.32 Å². The summed E-state index contributed by atoms with van der Waals surface area (Å²) in [4.78, 5) is 14.3. The van der Waals surface area contributed by atoms with E-state index in [1.54, 1.807) is 0 Å². The molecular formula is C16H21N3O. The first-order valence-corrected chi connectivity index (χ1v) is 7.19. The second-order valence-corrected chi connectivity index (χ2v) is 5.40. The van der Waals surface area contributed by atoms with Gasteiger partial charge in [-0.25, -0.2) is 0 Å². The Morgan fingerprint density at radius 1 is 1.40 bits per heavy atom. The molecule has 0 radical (unpaired) electrons. The van der Waals surface area contributed by atoms with E-state index >= 15 is 0 Å². The molecule has 0 bridgehead atoms. The summed E-state index contributed by atoms with van der Waals surface area (Å²) >= 11 is 0. The molecule has 1 aliphatic rings. The van der Waals surface area contributed by atoms with Gasteiger partial charge in [-0.1, -0.05) is 18.6 Å². The largest absolute Gasteiger partial charge is 0.325 e. The highest BCUT2D eigenvalue weighted by atomic mass is 16.2. The van der Waals surface area contributed by atoms with Crippen LogP contribution in [0.15, 0.2) is 24.3 Å². The number of nitrogens with zero attached hydrogens (tertiary/aromatic N) is 2. The first kappa shape index (κ1) is 14.5. The van der Waals surface area contributed by atoms with Crippen LogP contribution in [0.1, 0.15) is 31.7 Å². The number of nitriles is 1. The average Bonchev–Trinajstić information content (AvgIpc) is 2.44. The molecule has 1 aromatic carbocycles. The van der Waals surface area contributed by atoms with Crippen LogP contribution in [0.5, 0.6) is 0 Å². The zero-order chi connectivity index (χ0) is 14.4. The Morgan fingerprint density at radius 2 is 2.15 bits per heavy atom. The van der Waals surface area contributed by atoms with Crippen LogP contribution in [0, 0.1) is 11.3 Å². The van der Waals surface area contributed by atoms with Crippen molar-refractivity contribution in [3.05, 3.63) is 29.8 Å². The normalized spacial score (nSPS) is 19.3. The van der Waals surface area contributed by atoms with E-state index < -0.39 is 0 Å². The van der Waals surface area contributed by atoms with Gasteiger partial charge in [-0.2, -0.15) is 5.26 Å². The first-order valence-electron chi connectivity index (χ1n) is 7.19. The van der Waals surface area contributed by atoms with Crippen molar-refractivity contribution in [3.63, 3.8) is 0 Å². The zero-order valence-corrected chi connectivity index (χ0v) is 11.9. The van der Waals surface area contributed by atoms with Crippen molar-refractivity contribution in [1.82, 2.24) is 4.90 Å². The van der Waals surface area contributed by atoms with Crippen molar-refractivity contribution in [2.24, 2.45) is 0 Å². The van der Waals surface area contributed by atoms with Crippen molar-refractivity contribution in [2.45, 2.75) is 38.6 Å². The van der Waals surface area contributed by atoms with Crippen LogP contribution in [0.2, 0.25) is 0 Å². The summed E-state index contributed by atoms with van der Waals surface area (Å²) in [7, 11) is 0. The SMILES string of the molecule is C[C@H]1CCCCN1CC(=O)Nc1ccc(CC#N)cc1. The summed E-state index contributed by atoms with van der Waals surface area (Å²) in [6.07, 6.45) is 4.02. The monoisotopic (exact) mass is 271 g/mol. The summed E-state index contributed by atoms with van der Waals surface area (Å²) in [6.45, 7) is 3.65. The molecule has 1 amide bonds. The Balaban J connectivity index is 1.86. The van der Waals surface area contributed by atoms with E-state index in [-0.39, 0.29) is 5.91 Å². The summed E-state index contributed by atoms with van der Waals surface area (Å²) < 4.78 is 0. The molecule has 0 aliphatic carbocycles. The molecule has 4 heteroatoms. The fraction of sp³-hybridized carbons (Fsp3) is 0.500. The molecule has 1 N–H and O–H groups in total. The maximum atomic E-state index is 12.0. The lowest BCUT2D eigenvalue weighted by atomic mass is 10.0. The lowest BCUT2D eigenvalue weighted by molar-refractivity contribution is -0.118. The Labute approximate surface area is 120 Å². The molecular weight excluding hydrogens is 250 g/mol. The second-order valence-electron chi connectivity index (χ2n) is 5.40. The maximum absolute atomic E-state index is 12.0. The third-order valence-electron chi connectivity index (χ3n) is 3.81. The van der Waals surface area contributed by atoms with Gasteiger partial charge in [0.2, 0.25) is 5.91 Å². The molecule has 0 unspecified atom stereocenters. The maximum Gasteiger partial charge on any atom is 0.238 e. The minimum atomic E-state index is 0.0341. The molecule has 2 rings (SSSR count). The highest BCUT2D eigenvalue weighted by molar-refractivity contribution is 5.92. The molecule has 1 fully saturated rings. The molecule has 0 aromatic heterocycles. The molecule has 106 valence electrons. The van der Waals surface area contributed by atoms with E-state index in [1.807, 2.05) is 24.3 Å². The number of piperidine rings is 1. The Morgan fingerprint density at radius 3 is 2.80 bits per heavy atom. The number of carbonyl (C=O) groups is 1. The summed E-state index contributed by atoms with van der Waals surface area (Å²) in [6, 6.07) is 10.1. The average molecular weight is 271 g/mol. The Kier molecular flexibility index (Phi) is 5.14. The van der Waals surface area contributed by atoms with Crippen molar-refractivity contribution < 1.29 is 4.79 Å². The first-order chi connectivity index (χ1) is 9.69. The van der Waals surface area contributed by atoms with E-state index in [4.69, 9.17) is 5.26 Å². The minimum absolute atomic E-state index is 0.0341. The van der Waals surface area contributed by atoms with Gasteiger partial charge in [0.05, 0.1) is 19.0 Å².